The van der Waals surface area contributed by atoms with E-state index in [0.717, 1.165) is 34.7 Å². The van der Waals surface area contributed by atoms with E-state index in [9.17, 15) is 9.59 Å². The lowest BCUT2D eigenvalue weighted by atomic mass is 9.94. The molecule has 1 aliphatic heterocycles. The third-order valence-electron chi connectivity index (χ3n) is 7.70. The van der Waals surface area contributed by atoms with Crippen LogP contribution in [0, 0.1) is 0 Å². The largest absolute Gasteiger partial charge is 0.352 e. The maximum Gasteiger partial charge on any atom is 0.265 e. The van der Waals surface area contributed by atoms with Crippen molar-refractivity contribution < 1.29 is 9.59 Å². The predicted molar refractivity (Wildman–Crippen MR) is 166 cm³/mol. The van der Waals surface area contributed by atoms with E-state index in [1.54, 1.807) is 4.90 Å². The first-order valence-corrected chi connectivity index (χ1v) is 15.3. The molecule has 0 spiro atoms. The number of halogens is 1. The Morgan fingerprint density at radius 2 is 1.82 bits per heavy atom. The van der Waals surface area contributed by atoms with E-state index in [2.05, 4.69) is 17.3 Å². The molecule has 0 atom stereocenters. The average Bonchev–Trinajstić information content (AvgIpc) is 2.98. The zero-order valence-corrected chi connectivity index (χ0v) is 24.5. The normalized spacial score (nSPS) is 16.8. The standard InChI is InChI=1S/C33H36ClN3O2S/c1-36(28-11-3-2-4-12-28)20-8-19-35-32(38)26-17-15-24(16-18-26)22-31-33(39)37(23-25-9-7-10-27(34)21-25)29-13-5-6-14-30(29)40-31/h5-7,9-10,13-18,21-22,28H,2-4,8,11-12,19-20,23H2,1H3,(H,35,38). The van der Waals surface area contributed by atoms with Gasteiger partial charge in [-0.3, -0.25) is 9.59 Å². The number of hydrogen-bond donors (Lipinski definition) is 1. The Bertz CT molecular complexity index is 1370. The van der Waals surface area contributed by atoms with Crippen LogP contribution in [-0.4, -0.2) is 42.9 Å². The number of nitrogens with zero attached hydrogens (tertiary/aromatic N) is 2. The second-order valence-corrected chi connectivity index (χ2v) is 12.1. The van der Waals surface area contributed by atoms with Crippen molar-refractivity contribution in [2.24, 2.45) is 0 Å². The molecule has 0 bridgehead atoms. The Kier molecular flexibility index (Phi) is 9.63. The van der Waals surface area contributed by atoms with E-state index in [1.165, 1.54) is 43.9 Å². The highest BCUT2D eigenvalue weighted by molar-refractivity contribution is 8.04. The van der Waals surface area contributed by atoms with Gasteiger partial charge in [0.2, 0.25) is 0 Å². The number of rotatable bonds is 9. The van der Waals surface area contributed by atoms with Gasteiger partial charge in [-0.1, -0.05) is 79.0 Å². The average molecular weight is 574 g/mol. The number of carbonyl (C=O) groups excluding carboxylic acids is 2. The van der Waals surface area contributed by atoms with Crippen molar-refractivity contribution >= 4 is 46.9 Å². The molecule has 3 aromatic carbocycles. The molecule has 0 radical (unpaired) electrons. The highest BCUT2D eigenvalue weighted by Gasteiger charge is 2.29. The van der Waals surface area contributed by atoms with Crippen molar-refractivity contribution in [1.29, 1.82) is 0 Å². The van der Waals surface area contributed by atoms with Gasteiger partial charge < -0.3 is 15.1 Å². The van der Waals surface area contributed by atoms with Crippen molar-refractivity contribution in [2.45, 2.75) is 56.0 Å². The minimum Gasteiger partial charge on any atom is -0.352 e. The van der Waals surface area contributed by atoms with Crippen LogP contribution in [0.2, 0.25) is 5.02 Å². The van der Waals surface area contributed by atoms with Gasteiger partial charge in [0.15, 0.2) is 0 Å². The first-order valence-electron chi connectivity index (χ1n) is 14.1. The van der Waals surface area contributed by atoms with Crippen LogP contribution in [0.1, 0.15) is 60.0 Å². The number of anilines is 1. The smallest absolute Gasteiger partial charge is 0.265 e. The maximum atomic E-state index is 13.6. The molecule has 40 heavy (non-hydrogen) atoms. The lowest BCUT2D eigenvalue weighted by Crippen LogP contribution is -2.35. The maximum absolute atomic E-state index is 13.6. The molecule has 2 amide bonds. The van der Waals surface area contributed by atoms with Gasteiger partial charge in [-0.15, -0.1) is 0 Å². The third-order valence-corrected chi connectivity index (χ3v) is 9.02. The Hall–Kier alpha value is -3.06. The van der Waals surface area contributed by atoms with Crippen LogP contribution in [0.15, 0.2) is 82.6 Å². The first-order chi connectivity index (χ1) is 19.5. The van der Waals surface area contributed by atoms with Gasteiger partial charge in [0.25, 0.3) is 11.8 Å². The number of para-hydroxylation sites is 1. The van der Waals surface area contributed by atoms with Gasteiger partial charge in [0.05, 0.1) is 17.1 Å². The highest BCUT2D eigenvalue weighted by Crippen LogP contribution is 2.42. The molecular formula is C33H36ClN3O2S. The molecule has 1 heterocycles. The quantitative estimate of drug-likeness (QED) is 0.214. The van der Waals surface area contributed by atoms with Crippen molar-refractivity contribution in [3.8, 4) is 0 Å². The summed E-state index contributed by atoms with van der Waals surface area (Å²) in [6.45, 7) is 2.10. The summed E-state index contributed by atoms with van der Waals surface area (Å²) >= 11 is 7.67. The van der Waals surface area contributed by atoms with Gasteiger partial charge in [-0.05, 0) is 86.5 Å². The Labute approximate surface area is 246 Å². The Balaban J connectivity index is 1.21. The highest BCUT2D eigenvalue weighted by atomic mass is 35.5. The molecule has 1 fully saturated rings. The van der Waals surface area contributed by atoms with Crippen molar-refractivity contribution in [2.75, 3.05) is 25.0 Å². The molecular weight excluding hydrogens is 538 g/mol. The molecule has 1 aliphatic carbocycles. The number of thioether (sulfide) groups is 1. The van der Waals surface area contributed by atoms with Crippen LogP contribution in [0.4, 0.5) is 5.69 Å². The summed E-state index contributed by atoms with van der Waals surface area (Å²) in [5, 5.41) is 3.70. The second kappa shape index (κ2) is 13.5. The minimum absolute atomic E-state index is 0.0521. The molecule has 2 aliphatic rings. The molecule has 5 nitrogen and oxygen atoms in total. The van der Waals surface area contributed by atoms with Crippen LogP contribution in [-0.2, 0) is 11.3 Å². The number of carbonyl (C=O) groups is 2. The topological polar surface area (TPSA) is 52.7 Å². The van der Waals surface area contributed by atoms with E-state index >= 15 is 0 Å². The summed E-state index contributed by atoms with van der Waals surface area (Å²) in [7, 11) is 2.20. The van der Waals surface area contributed by atoms with Crippen LogP contribution >= 0.6 is 23.4 Å². The molecule has 5 rings (SSSR count). The van der Waals surface area contributed by atoms with Crippen LogP contribution in [0.5, 0.6) is 0 Å². The molecule has 208 valence electrons. The molecule has 7 heteroatoms. The zero-order valence-electron chi connectivity index (χ0n) is 22.9. The van der Waals surface area contributed by atoms with Crippen molar-refractivity contribution in [3.63, 3.8) is 0 Å². The van der Waals surface area contributed by atoms with Gasteiger partial charge in [0.1, 0.15) is 0 Å². The molecule has 0 saturated heterocycles. The van der Waals surface area contributed by atoms with E-state index in [1.807, 2.05) is 78.9 Å². The van der Waals surface area contributed by atoms with E-state index in [0.29, 0.717) is 34.6 Å². The lowest BCUT2D eigenvalue weighted by Gasteiger charge is -2.31. The number of hydrogen-bond acceptors (Lipinski definition) is 4. The van der Waals surface area contributed by atoms with E-state index < -0.39 is 0 Å². The summed E-state index contributed by atoms with van der Waals surface area (Å²) in [6.07, 6.45) is 9.46. The van der Waals surface area contributed by atoms with Crippen molar-refractivity contribution in [3.05, 3.63) is 99.4 Å². The minimum atomic E-state index is -0.0655. The molecule has 3 aromatic rings. The Morgan fingerprint density at radius 3 is 2.60 bits per heavy atom. The van der Waals surface area contributed by atoms with E-state index in [4.69, 9.17) is 11.6 Å². The monoisotopic (exact) mass is 573 g/mol. The van der Waals surface area contributed by atoms with Crippen LogP contribution in [0.3, 0.4) is 0 Å². The fourth-order valence-electron chi connectivity index (χ4n) is 5.46. The molecule has 1 saturated carbocycles. The number of fused-ring (bicyclic) bond motifs is 1. The number of amides is 2. The summed E-state index contributed by atoms with van der Waals surface area (Å²) in [6, 6.07) is 23.7. The second-order valence-electron chi connectivity index (χ2n) is 10.6. The molecule has 0 aromatic heterocycles. The lowest BCUT2D eigenvalue weighted by molar-refractivity contribution is -0.114. The summed E-state index contributed by atoms with van der Waals surface area (Å²) in [5.74, 6) is -0.118. The van der Waals surface area contributed by atoms with E-state index in [-0.39, 0.29) is 11.8 Å². The van der Waals surface area contributed by atoms with Crippen LogP contribution in [0.25, 0.3) is 6.08 Å². The first kappa shape index (κ1) is 28.5. The van der Waals surface area contributed by atoms with Gasteiger partial charge in [-0.25, -0.2) is 0 Å². The number of nitrogens with one attached hydrogen (secondary N) is 1. The fraction of sp³-hybridized carbons (Fsp3) is 0.333. The van der Waals surface area contributed by atoms with Crippen molar-refractivity contribution in [1.82, 2.24) is 10.2 Å². The summed E-state index contributed by atoms with van der Waals surface area (Å²) in [5.41, 5.74) is 3.37. The third kappa shape index (κ3) is 7.17. The van der Waals surface area contributed by atoms with Gasteiger partial charge in [-0.2, -0.15) is 0 Å². The summed E-state index contributed by atoms with van der Waals surface area (Å²) < 4.78 is 0. The fourth-order valence-corrected chi connectivity index (χ4v) is 6.73. The van der Waals surface area contributed by atoms with Gasteiger partial charge >= 0.3 is 0 Å². The SMILES string of the molecule is CN(CCCNC(=O)c1ccc(C=C2Sc3ccccc3N(Cc3cccc(Cl)c3)C2=O)cc1)C1CCCCC1. The molecule has 0 unspecified atom stereocenters. The van der Waals surface area contributed by atoms with Gasteiger partial charge in [0, 0.05) is 28.1 Å². The molecule has 1 N–H and O–H groups in total. The zero-order chi connectivity index (χ0) is 27.9. The van der Waals surface area contributed by atoms with Crippen LogP contribution < -0.4 is 10.2 Å². The Morgan fingerprint density at radius 1 is 1.05 bits per heavy atom. The predicted octanol–water partition coefficient (Wildman–Crippen LogP) is 7.40. The summed E-state index contributed by atoms with van der Waals surface area (Å²) in [4.78, 5) is 32.2. The number of benzene rings is 3.